The van der Waals surface area contributed by atoms with E-state index in [2.05, 4.69) is 32.1 Å². The number of nitrogens with one attached hydrogen (secondary N) is 2. The van der Waals surface area contributed by atoms with Crippen LogP contribution in [0.3, 0.4) is 0 Å². The lowest BCUT2D eigenvalue weighted by Crippen LogP contribution is -2.48. The molecule has 3 aromatic heterocycles. The molecule has 0 radical (unpaired) electrons. The number of hydrogen-bond donors (Lipinski definition) is 2. The Bertz CT molecular complexity index is 1790. The molecule has 12 heteroatoms. The van der Waals surface area contributed by atoms with E-state index < -0.39 is 5.82 Å². The molecule has 6 rings (SSSR count). The molecule has 1 saturated heterocycles. The van der Waals surface area contributed by atoms with Crippen LogP contribution in [0.25, 0.3) is 32.9 Å². The van der Waals surface area contributed by atoms with Crippen molar-refractivity contribution < 1.29 is 9.18 Å². The molecule has 1 aliphatic rings. The summed E-state index contributed by atoms with van der Waals surface area (Å²) in [5, 5.41) is 11.9. The minimum atomic E-state index is -0.527. The molecule has 0 spiro atoms. The molecule has 2 aromatic carbocycles. The number of amides is 1. The minimum Gasteiger partial charge on any atom is -0.354 e. The number of hydrogen-bond acceptors (Lipinski definition) is 7. The average Bonchev–Trinajstić information content (AvgIpc) is 3.62. The SMILES string of the molecule is C=CC(=O)N1CCN(c2nc(NCCc3nccn3C)nc3c(F)c(-c4c(C)ccc5[nH]ncc45)c(Cl)cc23)CC1. The highest BCUT2D eigenvalue weighted by atomic mass is 35.5. The highest BCUT2D eigenvalue weighted by Gasteiger charge is 2.26. The van der Waals surface area contributed by atoms with E-state index in [9.17, 15) is 4.79 Å². The van der Waals surface area contributed by atoms with Crippen LogP contribution in [0.4, 0.5) is 16.2 Å². The quantitative estimate of drug-likeness (QED) is 0.276. The largest absolute Gasteiger partial charge is 0.354 e. The molecule has 0 atom stereocenters. The number of nitrogens with zero attached hydrogens (tertiary/aromatic N) is 7. The summed E-state index contributed by atoms with van der Waals surface area (Å²) in [5.74, 6) is 1.13. The number of carbonyl (C=O) groups is 1. The van der Waals surface area contributed by atoms with Crippen LogP contribution in [-0.2, 0) is 18.3 Å². The summed E-state index contributed by atoms with van der Waals surface area (Å²) in [6.45, 7) is 8.05. The maximum Gasteiger partial charge on any atom is 0.246 e. The van der Waals surface area contributed by atoms with Crippen molar-refractivity contribution in [3.63, 3.8) is 0 Å². The van der Waals surface area contributed by atoms with E-state index in [-0.39, 0.29) is 22.0 Å². The Morgan fingerprint density at radius 1 is 1.20 bits per heavy atom. The summed E-state index contributed by atoms with van der Waals surface area (Å²) < 4.78 is 18.6. The van der Waals surface area contributed by atoms with Crippen LogP contribution in [-0.4, -0.2) is 73.2 Å². The summed E-state index contributed by atoms with van der Waals surface area (Å²) in [5.41, 5.74) is 2.76. The Hall–Kier alpha value is -4.51. The number of anilines is 2. The normalized spacial score (nSPS) is 13.8. The lowest BCUT2D eigenvalue weighted by Gasteiger charge is -2.35. The maximum atomic E-state index is 16.6. The monoisotopic (exact) mass is 573 g/mol. The summed E-state index contributed by atoms with van der Waals surface area (Å²) in [7, 11) is 1.94. The van der Waals surface area contributed by atoms with Gasteiger partial charge in [0.2, 0.25) is 11.9 Å². The standard InChI is InChI=1S/C29H29ClFN9O/c1-4-23(41)39-11-13-40(14-12-39)28-18-15-20(30)25(24-17(2)5-6-21-19(24)16-34-37-21)26(31)27(18)35-29(36-28)33-8-7-22-32-9-10-38(22)3/h4-6,9-10,15-16H,1,7-8,11-14H2,2-3H3,(H,34,37)(H,33,35,36). The van der Waals surface area contributed by atoms with Crippen LogP contribution in [0.15, 0.2) is 49.4 Å². The molecule has 1 fully saturated rings. The van der Waals surface area contributed by atoms with Gasteiger partial charge in [-0.2, -0.15) is 10.1 Å². The van der Waals surface area contributed by atoms with Gasteiger partial charge in [0.15, 0.2) is 5.82 Å². The fourth-order valence-corrected chi connectivity index (χ4v) is 5.67. The molecule has 10 nitrogen and oxygen atoms in total. The smallest absolute Gasteiger partial charge is 0.246 e. The molecule has 2 N–H and O–H groups in total. The Morgan fingerprint density at radius 3 is 2.73 bits per heavy atom. The van der Waals surface area contributed by atoms with Crippen molar-refractivity contribution in [2.75, 3.05) is 42.9 Å². The summed E-state index contributed by atoms with van der Waals surface area (Å²) in [4.78, 5) is 29.7. The second-order valence-corrected chi connectivity index (χ2v) is 10.5. The molecule has 0 unspecified atom stereocenters. The molecule has 0 saturated carbocycles. The number of imidazole rings is 1. The Labute approximate surface area is 240 Å². The molecule has 0 bridgehead atoms. The molecular formula is C29H29ClFN9O. The maximum absolute atomic E-state index is 16.6. The lowest BCUT2D eigenvalue weighted by molar-refractivity contribution is -0.126. The predicted octanol–water partition coefficient (Wildman–Crippen LogP) is 4.50. The van der Waals surface area contributed by atoms with Crippen LogP contribution < -0.4 is 10.2 Å². The third kappa shape index (κ3) is 4.86. The number of rotatable bonds is 7. The van der Waals surface area contributed by atoms with Gasteiger partial charge in [-0.3, -0.25) is 9.89 Å². The van der Waals surface area contributed by atoms with Gasteiger partial charge in [-0.05, 0) is 30.7 Å². The van der Waals surface area contributed by atoms with E-state index in [0.29, 0.717) is 61.9 Å². The zero-order chi connectivity index (χ0) is 28.7. The summed E-state index contributed by atoms with van der Waals surface area (Å²) in [6, 6.07) is 5.56. The Morgan fingerprint density at radius 2 is 2.00 bits per heavy atom. The third-order valence-electron chi connectivity index (χ3n) is 7.56. The molecule has 210 valence electrons. The van der Waals surface area contributed by atoms with Gasteiger partial charge in [0, 0.05) is 80.5 Å². The van der Waals surface area contributed by atoms with E-state index in [0.717, 1.165) is 22.3 Å². The number of aryl methyl sites for hydroxylation is 2. The van der Waals surface area contributed by atoms with Crippen molar-refractivity contribution in [1.82, 2.24) is 34.6 Å². The number of fused-ring (bicyclic) bond motifs is 2. The highest BCUT2D eigenvalue weighted by molar-refractivity contribution is 6.35. The van der Waals surface area contributed by atoms with Gasteiger partial charge < -0.3 is 19.7 Å². The van der Waals surface area contributed by atoms with Crippen LogP contribution >= 0.6 is 11.6 Å². The number of piperazine rings is 1. The van der Waals surface area contributed by atoms with Gasteiger partial charge in [0.1, 0.15) is 17.2 Å². The first-order chi connectivity index (χ1) is 19.9. The Balaban J connectivity index is 1.45. The topological polar surface area (TPSA) is 108 Å². The van der Waals surface area contributed by atoms with Crippen LogP contribution in [0.2, 0.25) is 5.02 Å². The van der Waals surface area contributed by atoms with E-state index in [1.165, 1.54) is 6.08 Å². The fraction of sp³-hybridized carbons (Fsp3) is 0.276. The summed E-state index contributed by atoms with van der Waals surface area (Å²) in [6.07, 6.45) is 7.27. The van der Waals surface area contributed by atoms with Crippen molar-refractivity contribution in [2.45, 2.75) is 13.3 Å². The fourth-order valence-electron chi connectivity index (χ4n) is 5.38. The molecule has 5 aromatic rings. The van der Waals surface area contributed by atoms with Crippen molar-refractivity contribution in [1.29, 1.82) is 0 Å². The minimum absolute atomic E-state index is 0.114. The second-order valence-electron chi connectivity index (χ2n) is 10.1. The van der Waals surface area contributed by atoms with E-state index >= 15 is 4.39 Å². The summed E-state index contributed by atoms with van der Waals surface area (Å²) >= 11 is 6.84. The van der Waals surface area contributed by atoms with E-state index in [1.807, 2.05) is 41.8 Å². The van der Waals surface area contributed by atoms with E-state index in [4.69, 9.17) is 16.6 Å². The van der Waals surface area contributed by atoms with Gasteiger partial charge in [-0.1, -0.05) is 24.2 Å². The van der Waals surface area contributed by atoms with Crippen molar-refractivity contribution in [3.8, 4) is 11.1 Å². The van der Waals surface area contributed by atoms with Crippen molar-refractivity contribution in [3.05, 3.63) is 71.7 Å². The molecule has 41 heavy (non-hydrogen) atoms. The van der Waals surface area contributed by atoms with Gasteiger partial charge in [-0.25, -0.2) is 14.4 Å². The average molecular weight is 574 g/mol. The van der Waals surface area contributed by atoms with Crippen LogP contribution in [0.1, 0.15) is 11.4 Å². The molecule has 1 amide bonds. The van der Waals surface area contributed by atoms with Gasteiger partial charge in [0.25, 0.3) is 0 Å². The molecule has 1 aliphatic heterocycles. The number of benzene rings is 2. The molecule has 4 heterocycles. The van der Waals surface area contributed by atoms with Crippen LogP contribution in [0, 0.1) is 12.7 Å². The number of H-pyrrole nitrogens is 1. The first-order valence-corrected chi connectivity index (χ1v) is 13.7. The number of aromatic amines is 1. The van der Waals surface area contributed by atoms with Crippen LogP contribution in [0.5, 0.6) is 0 Å². The first kappa shape index (κ1) is 26.7. The second kappa shape index (κ2) is 10.8. The van der Waals surface area contributed by atoms with Crippen molar-refractivity contribution >= 4 is 51.1 Å². The predicted molar refractivity (Wildman–Crippen MR) is 159 cm³/mol. The zero-order valence-corrected chi connectivity index (χ0v) is 23.5. The number of halogens is 2. The molecule has 0 aliphatic carbocycles. The number of aromatic nitrogens is 6. The zero-order valence-electron chi connectivity index (χ0n) is 22.8. The van der Waals surface area contributed by atoms with E-state index in [1.54, 1.807) is 23.4 Å². The lowest BCUT2D eigenvalue weighted by atomic mass is 9.95. The van der Waals surface area contributed by atoms with Gasteiger partial charge in [-0.15, -0.1) is 0 Å². The number of carbonyl (C=O) groups excluding carboxylic acids is 1. The third-order valence-corrected chi connectivity index (χ3v) is 7.86. The van der Waals surface area contributed by atoms with Crippen molar-refractivity contribution in [2.24, 2.45) is 7.05 Å². The van der Waals surface area contributed by atoms with Gasteiger partial charge >= 0.3 is 0 Å². The first-order valence-electron chi connectivity index (χ1n) is 13.3. The molecular weight excluding hydrogens is 545 g/mol. The highest BCUT2D eigenvalue weighted by Crippen LogP contribution is 2.42. The Kier molecular flexibility index (Phi) is 7.04. The van der Waals surface area contributed by atoms with Gasteiger partial charge in [0.05, 0.1) is 16.7 Å².